The van der Waals surface area contributed by atoms with Crippen LogP contribution in [-0.2, 0) is 6.54 Å². The van der Waals surface area contributed by atoms with Crippen LogP contribution in [0.25, 0.3) is 0 Å². The molecule has 0 saturated carbocycles. The summed E-state index contributed by atoms with van der Waals surface area (Å²) in [5.74, 6) is -1.18. The number of aromatic nitrogens is 1. The number of amides is 1. The molecule has 1 aromatic carbocycles. The molecular formula is C14H13IN2O3S. The third-order valence-electron chi connectivity index (χ3n) is 2.87. The van der Waals surface area contributed by atoms with Crippen molar-refractivity contribution in [3.8, 4) is 0 Å². The van der Waals surface area contributed by atoms with E-state index in [4.69, 9.17) is 5.11 Å². The lowest BCUT2D eigenvalue weighted by Gasteiger charge is -2.07. The number of rotatable bonds is 4. The Balaban J connectivity index is 2.09. The van der Waals surface area contributed by atoms with E-state index in [0.29, 0.717) is 16.3 Å². The van der Waals surface area contributed by atoms with E-state index in [1.54, 1.807) is 13.0 Å². The summed E-state index contributed by atoms with van der Waals surface area (Å²) in [6.07, 6.45) is 0. The number of nitrogens with zero attached hydrogens (tertiary/aromatic N) is 1. The van der Waals surface area contributed by atoms with Crippen molar-refractivity contribution >= 4 is 45.8 Å². The Labute approximate surface area is 139 Å². The zero-order valence-electron chi connectivity index (χ0n) is 11.4. The van der Waals surface area contributed by atoms with Gasteiger partial charge in [-0.25, -0.2) is 9.78 Å². The summed E-state index contributed by atoms with van der Waals surface area (Å²) >= 11 is 3.23. The highest BCUT2D eigenvalue weighted by molar-refractivity contribution is 14.1. The van der Waals surface area contributed by atoms with Crippen molar-refractivity contribution in [1.29, 1.82) is 0 Å². The topological polar surface area (TPSA) is 79.3 Å². The number of nitrogens with one attached hydrogen (secondary N) is 1. The highest BCUT2D eigenvalue weighted by atomic mass is 127. The smallest absolute Gasteiger partial charge is 0.347 e. The molecule has 0 spiro atoms. The minimum atomic E-state index is -0.990. The SMILES string of the molecule is Cc1cccc(C(=O)NCc2nc(C)c(C(=O)O)s2)c1I. The molecule has 0 atom stereocenters. The normalized spacial score (nSPS) is 10.4. The first-order chi connectivity index (χ1) is 9.90. The van der Waals surface area contributed by atoms with E-state index in [1.807, 2.05) is 19.1 Å². The molecule has 21 heavy (non-hydrogen) atoms. The number of carboxylic acid groups (broad SMARTS) is 1. The predicted octanol–water partition coefficient (Wildman–Crippen LogP) is 2.99. The number of carboxylic acids is 1. The standard InChI is InChI=1S/C14H13IN2O3S/c1-7-4-3-5-9(11(7)15)13(18)16-6-10-17-8(2)12(21-10)14(19)20/h3-5H,6H2,1-2H3,(H,16,18)(H,19,20). The van der Waals surface area contributed by atoms with Gasteiger partial charge in [0.1, 0.15) is 9.88 Å². The Bertz CT molecular complexity index is 712. The summed E-state index contributed by atoms with van der Waals surface area (Å²) < 4.78 is 0.911. The van der Waals surface area contributed by atoms with Gasteiger partial charge in [-0.05, 0) is 48.1 Å². The number of thiazole rings is 1. The van der Waals surface area contributed by atoms with Gasteiger partial charge in [0.05, 0.1) is 17.8 Å². The second kappa shape index (κ2) is 6.52. The van der Waals surface area contributed by atoms with E-state index in [1.165, 1.54) is 0 Å². The number of aromatic carboxylic acids is 1. The molecule has 7 heteroatoms. The van der Waals surface area contributed by atoms with Gasteiger partial charge in [0, 0.05) is 3.57 Å². The maximum atomic E-state index is 12.2. The summed E-state index contributed by atoms with van der Waals surface area (Å²) in [4.78, 5) is 27.5. The number of carbonyl (C=O) groups excluding carboxylic acids is 1. The summed E-state index contributed by atoms with van der Waals surface area (Å²) in [5.41, 5.74) is 2.13. The molecule has 0 radical (unpaired) electrons. The molecule has 0 saturated heterocycles. The van der Waals surface area contributed by atoms with Crippen LogP contribution in [-0.4, -0.2) is 22.0 Å². The largest absolute Gasteiger partial charge is 0.477 e. The molecule has 0 aliphatic carbocycles. The average Bonchev–Trinajstić information content (AvgIpc) is 2.80. The molecular weight excluding hydrogens is 403 g/mol. The van der Waals surface area contributed by atoms with Crippen molar-refractivity contribution in [3.05, 3.63) is 48.5 Å². The third kappa shape index (κ3) is 3.59. The van der Waals surface area contributed by atoms with Crippen LogP contribution in [0.2, 0.25) is 0 Å². The Kier molecular flexibility index (Phi) is 4.94. The first-order valence-electron chi connectivity index (χ1n) is 6.13. The van der Waals surface area contributed by atoms with Gasteiger partial charge >= 0.3 is 5.97 Å². The number of carbonyl (C=O) groups is 2. The predicted molar refractivity (Wildman–Crippen MR) is 88.9 cm³/mol. The first kappa shape index (κ1) is 15.9. The van der Waals surface area contributed by atoms with Crippen LogP contribution in [0.15, 0.2) is 18.2 Å². The van der Waals surface area contributed by atoms with Crippen molar-refractivity contribution in [1.82, 2.24) is 10.3 Å². The van der Waals surface area contributed by atoms with Gasteiger partial charge in [0.25, 0.3) is 5.91 Å². The van der Waals surface area contributed by atoms with E-state index >= 15 is 0 Å². The molecule has 0 aliphatic rings. The number of hydrogen-bond acceptors (Lipinski definition) is 4. The second-order valence-electron chi connectivity index (χ2n) is 4.45. The van der Waals surface area contributed by atoms with Gasteiger partial charge in [-0.1, -0.05) is 12.1 Å². The minimum absolute atomic E-state index is 0.187. The van der Waals surface area contributed by atoms with Crippen LogP contribution < -0.4 is 5.32 Å². The number of benzene rings is 1. The van der Waals surface area contributed by atoms with Gasteiger partial charge in [0.15, 0.2) is 0 Å². The third-order valence-corrected chi connectivity index (χ3v) is 5.45. The maximum Gasteiger partial charge on any atom is 0.347 e. The van der Waals surface area contributed by atoms with Gasteiger partial charge in [-0.3, -0.25) is 4.79 Å². The van der Waals surface area contributed by atoms with Gasteiger partial charge in [-0.2, -0.15) is 0 Å². The lowest BCUT2D eigenvalue weighted by molar-refractivity contribution is 0.0701. The monoisotopic (exact) mass is 416 g/mol. The molecule has 110 valence electrons. The molecule has 2 aromatic rings. The number of aryl methyl sites for hydroxylation is 2. The highest BCUT2D eigenvalue weighted by Crippen LogP contribution is 2.19. The molecule has 1 aromatic heterocycles. The van der Waals surface area contributed by atoms with Crippen LogP contribution in [0.4, 0.5) is 0 Å². The van der Waals surface area contributed by atoms with E-state index in [9.17, 15) is 9.59 Å². The zero-order valence-corrected chi connectivity index (χ0v) is 14.4. The lowest BCUT2D eigenvalue weighted by Crippen LogP contribution is -2.23. The van der Waals surface area contributed by atoms with Crippen LogP contribution in [0, 0.1) is 17.4 Å². The molecule has 0 fully saturated rings. The quantitative estimate of drug-likeness (QED) is 0.752. The molecule has 0 bridgehead atoms. The van der Waals surface area contributed by atoms with Crippen LogP contribution in [0.1, 0.15) is 36.3 Å². The lowest BCUT2D eigenvalue weighted by atomic mass is 10.1. The minimum Gasteiger partial charge on any atom is -0.477 e. The van der Waals surface area contributed by atoms with Gasteiger partial charge in [-0.15, -0.1) is 11.3 Å². The fourth-order valence-electron chi connectivity index (χ4n) is 1.80. The Morgan fingerprint density at radius 2 is 2.10 bits per heavy atom. The van der Waals surface area contributed by atoms with Crippen molar-refractivity contribution in [3.63, 3.8) is 0 Å². The van der Waals surface area contributed by atoms with Crippen LogP contribution in [0.3, 0.4) is 0 Å². The highest BCUT2D eigenvalue weighted by Gasteiger charge is 2.15. The Morgan fingerprint density at radius 1 is 1.38 bits per heavy atom. The average molecular weight is 416 g/mol. The summed E-state index contributed by atoms with van der Waals surface area (Å²) in [5, 5.41) is 12.3. The molecule has 2 rings (SSSR count). The van der Waals surface area contributed by atoms with Crippen LogP contribution in [0.5, 0.6) is 0 Å². The zero-order chi connectivity index (χ0) is 15.6. The summed E-state index contributed by atoms with van der Waals surface area (Å²) in [7, 11) is 0. The number of hydrogen-bond donors (Lipinski definition) is 2. The molecule has 2 N–H and O–H groups in total. The van der Waals surface area contributed by atoms with Crippen LogP contribution >= 0.6 is 33.9 Å². The number of halogens is 1. The van der Waals surface area contributed by atoms with Gasteiger partial charge in [0.2, 0.25) is 0 Å². The first-order valence-corrected chi connectivity index (χ1v) is 8.02. The summed E-state index contributed by atoms with van der Waals surface area (Å²) in [6, 6.07) is 5.55. The van der Waals surface area contributed by atoms with Crippen molar-refractivity contribution in [2.75, 3.05) is 0 Å². The fraction of sp³-hybridized carbons (Fsp3) is 0.214. The molecule has 0 aliphatic heterocycles. The molecule has 1 heterocycles. The van der Waals surface area contributed by atoms with Crippen molar-refractivity contribution in [2.24, 2.45) is 0 Å². The Hall–Kier alpha value is -1.48. The van der Waals surface area contributed by atoms with E-state index in [0.717, 1.165) is 20.5 Å². The van der Waals surface area contributed by atoms with Crippen molar-refractivity contribution in [2.45, 2.75) is 20.4 Å². The van der Waals surface area contributed by atoms with E-state index < -0.39 is 5.97 Å². The summed E-state index contributed by atoms with van der Waals surface area (Å²) in [6.45, 7) is 3.82. The molecule has 1 amide bonds. The van der Waals surface area contributed by atoms with E-state index in [2.05, 4.69) is 32.9 Å². The van der Waals surface area contributed by atoms with Crippen molar-refractivity contribution < 1.29 is 14.7 Å². The van der Waals surface area contributed by atoms with Gasteiger partial charge < -0.3 is 10.4 Å². The second-order valence-corrected chi connectivity index (χ2v) is 6.61. The van der Waals surface area contributed by atoms with E-state index in [-0.39, 0.29) is 17.3 Å². The fourth-order valence-corrected chi connectivity index (χ4v) is 3.25. The Morgan fingerprint density at radius 3 is 2.71 bits per heavy atom. The molecule has 5 nitrogen and oxygen atoms in total. The molecule has 0 unspecified atom stereocenters. The maximum absolute atomic E-state index is 12.2.